The molecule has 13 heavy (non-hydrogen) atoms. The third kappa shape index (κ3) is 1.88. The summed E-state index contributed by atoms with van der Waals surface area (Å²) in [6.07, 6.45) is 0. The summed E-state index contributed by atoms with van der Waals surface area (Å²) in [6.45, 7) is 0. The molecule has 4 nitrogen and oxygen atoms in total. The average Bonchev–Trinajstić information content (AvgIpc) is 2.47. The lowest BCUT2D eigenvalue weighted by atomic mass is 10.3. The standard InChI is InChI=1S/C8H9NOS.H4N2/c1-9-6-11(10)8-5-3-2-4-7(8)9;1-2/h2-5H,6H2,1H3;1-2H2. The molecule has 0 amide bonds. The van der Waals surface area contributed by atoms with Gasteiger partial charge < -0.3 is 4.90 Å². The highest BCUT2D eigenvalue weighted by Gasteiger charge is 2.20. The molecule has 1 aromatic rings. The third-order valence-corrected chi connectivity index (χ3v) is 3.29. The van der Waals surface area contributed by atoms with Crippen LogP contribution >= 0.6 is 0 Å². The quantitative estimate of drug-likeness (QED) is 0.456. The number of rotatable bonds is 0. The van der Waals surface area contributed by atoms with E-state index in [9.17, 15) is 4.21 Å². The number of hydrazine groups is 1. The van der Waals surface area contributed by atoms with Crippen molar-refractivity contribution in [1.29, 1.82) is 0 Å². The van der Waals surface area contributed by atoms with Crippen molar-refractivity contribution in [3.05, 3.63) is 24.3 Å². The van der Waals surface area contributed by atoms with Gasteiger partial charge in [-0.25, -0.2) is 0 Å². The highest BCUT2D eigenvalue weighted by atomic mass is 32.2. The molecule has 1 aliphatic heterocycles. The summed E-state index contributed by atoms with van der Waals surface area (Å²) >= 11 is 0. The second-order valence-electron chi connectivity index (χ2n) is 2.64. The highest BCUT2D eigenvalue weighted by molar-refractivity contribution is 7.85. The molecule has 0 saturated carbocycles. The number of fused-ring (bicyclic) bond motifs is 1. The maximum Gasteiger partial charge on any atom is 0.0982 e. The lowest BCUT2D eigenvalue weighted by Crippen LogP contribution is -2.13. The Morgan fingerprint density at radius 3 is 2.62 bits per heavy atom. The van der Waals surface area contributed by atoms with E-state index >= 15 is 0 Å². The van der Waals surface area contributed by atoms with Crippen LogP contribution in [0.5, 0.6) is 0 Å². The molecular formula is C8H13N3OS. The fourth-order valence-electron chi connectivity index (χ4n) is 1.28. The van der Waals surface area contributed by atoms with Gasteiger partial charge in [-0.1, -0.05) is 12.1 Å². The molecule has 1 aliphatic rings. The van der Waals surface area contributed by atoms with Gasteiger partial charge in [0, 0.05) is 7.05 Å². The summed E-state index contributed by atoms with van der Waals surface area (Å²) in [6, 6.07) is 7.82. The number of para-hydroxylation sites is 1. The molecule has 4 N–H and O–H groups in total. The maximum atomic E-state index is 11.3. The Bertz CT molecular complexity index is 316. The van der Waals surface area contributed by atoms with E-state index in [1.54, 1.807) is 0 Å². The van der Waals surface area contributed by atoms with Crippen LogP contribution in [0.15, 0.2) is 29.2 Å². The maximum absolute atomic E-state index is 11.3. The van der Waals surface area contributed by atoms with Crippen LogP contribution < -0.4 is 16.6 Å². The number of benzene rings is 1. The summed E-state index contributed by atoms with van der Waals surface area (Å²) in [7, 11) is 1.16. The minimum absolute atomic E-state index is 0.638. The Labute approximate surface area is 79.9 Å². The van der Waals surface area contributed by atoms with Crippen molar-refractivity contribution in [2.24, 2.45) is 11.7 Å². The normalized spacial score (nSPS) is 19.0. The molecule has 5 heteroatoms. The number of anilines is 1. The van der Waals surface area contributed by atoms with Gasteiger partial charge in [-0.2, -0.15) is 0 Å². The van der Waals surface area contributed by atoms with Gasteiger partial charge in [-0.05, 0) is 12.1 Å². The first-order valence-corrected chi connectivity index (χ1v) is 5.13. The Hall–Kier alpha value is -0.910. The molecule has 0 saturated heterocycles. The fourth-order valence-corrected chi connectivity index (χ4v) is 2.60. The van der Waals surface area contributed by atoms with Crippen molar-refractivity contribution in [1.82, 2.24) is 0 Å². The lowest BCUT2D eigenvalue weighted by molar-refractivity contribution is 0.685. The summed E-state index contributed by atoms with van der Waals surface area (Å²) in [5.74, 6) is 8.64. The van der Waals surface area contributed by atoms with Gasteiger partial charge in [0.05, 0.1) is 27.3 Å². The molecule has 2 rings (SSSR count). The van der Waals surface area contributed by atoms with E-state index in [-0.39, 0.29) is 0 Å². The van der Waals surface area contributed by atoms with E-state index < -0.39 is 10.8 Å². The molecule has 0 aliphatic carbocycles. The van der Waals surface area contributed by atoms with Gasteiger partial charge >= 0.3 is 0 Å². The Balaban J connectivity index is 0.000000396. The van der Waals surface area contributed by atoms with Crippen LogP contribution in [0.1, 0.15) is 0 Å². The molecule has 0 fully saturated rings. The van der Waals surface area contributed by atoms with Gasteiger partial charge in [0.25, 0.3) is 0 Å². The van der Waals surface area contributed by atoms with Crippen LogP contribution in [0, 0.1) is 0 Å². The molecule has 0 bridgehead atoms. The van der Waals surface area contributed by atoms with E-state index in [2.05, 4.69) is 11.7 Å². The topological polar surface area (TPSA) is 72.3 Å². The van der Waals surface area contributed by atoms with Gasteiger partial charge in [-0.3, -0.25) is 15.9 Å². The second kappa shape index (κ2) is 4.36. The van der Waals surface area contributed by atoms with Crippen molar-refractivity contribution in [3.63, 3.8) is 0 Å². The van der Waals surface area contributed by atoms with Gasteiger partial charge in [0.15, 0.2) is 0 Å². The number of nitrogens with zero attached hydrogens (tertiary/aromatic N) is 1. The van der Waals surface area contributed by atoms with Crippen molar-refractivity contribution in [3.8, 4) is 0 Å². The first kappa shape index (κ1) is 10.2. The zero-order valence-electron chi connectivity index (χ0n) is 7.43. The largest absolute Gasteiger partial charge is 0.361 e. The minimum atomic E-state index is -0.802. The van der Waals surface area contributed by atoms with Crippen LogP contribution in [0.25, 0.3) is 0 Å². The predicted molar refractivity (Wildman–Crippen MR) is 54.5 cm³/mol. The van der Waals surface area contributed by atoms with E-state index in [1.165, 1.54) is 0 Å². The van der Waals surface area contributed by atoms with E-state index in [0.29, 0.717) is 5.88 Å². The highest BCUT2D eigenvalue weighted by Crippen LogP contribution is 2.28. The molecule has 0 radical (unpaired) electrons. The SMILES string of the molecule is CN1CS(=O)c2ccccc21.NN. The van der Waals surface area contributed by atoms with Crippen molar-refractivity contribution in [2.45, 2.75) is 4.90 Å². The molecular weight excluding hydrogens is 186 g/mol. The van der Waals surface area contributed by atoms with Crippen LogP contribution in [0.2, 0.25) is 0 Å². The second-order valence-corrected chi connectivity index (χ2v) is 4.03. The molecule has 1 heterocycles. The molecule has 72 valence electrons. The van der Waals surface area contributed by atoms with Crippen LogP contribution in [-0.2, 0) is 10.8 Å². The number of nitrogens with two attached hydrogens (primary N) is 2. The van der Waals surface area contributed by atoms with Gasteiger partial charge in [0.2, 0.25) is 0 Å². The molecule has 0 spiro atoms. The van der Waals surface area contributed by atoms with E-state index in [4.69, 9.17) is 0 Å². The smallest absolute Gasteiger partial charge is 0.0982 e. The molecule has 1 unspecified atom stereocenters. The summed E-state index contributed by atoms with van der Waals surface area (Å²) in [5.41, 5.74) is 1.10. The first-order valence-electron chi connectivity index (χ1n) is 3.81. The Morgan fingerprint density at radius 2 is 2.00 bits per heavy atom. The van der Waals surface area contributed by atoms with Crippen molar-refractivity contribution < 1.29 is 4.21 Å². The molecule has 0 aromatic heterocycles. The summed E-state index contributed by atoms with van der Waals surface area (Å²) < 4.78 is 11.3. The number of hydrogen-bond acceptors (Lipinski definition) is 4. The monoisotopic (exact) mass is 199 g/mol. The van der Waals surface area contributed by atoms with Crippen LogP contribution in [0.4, 0.5) is 5.69 Å². The van der Waals surface area contributed by atoms with E-state index in [1.807, 2.05) is 36.2 Å². The lowest BCUT2D eigenvalue weighted by Gasteiger charge is -2.08. The van der Waals surface area contributed by atoms with Gasteiger partial charge in [0.1, 0.15) is 0 Å². The minimum Gasteiger partial charge on any atom is -0.361 e. The third-order valence-electron chi connectivity index (χ3n) is 1.83. The Kier molecular flexibility index (Phi) is 3.41. The molecule has 1 atom stereocenters. The summed E-state index contributed by atoms with van der Waals surface area (Å²) in [4.78, 5) is 2.99. The Morgan fingerprint density at radius 1 is 1.38 bits per heavy atom. The van der Waals surface area contributed by atoms with Crippen LogP contribution in [0.3, 0.4) is 0 Å². The van der Waals surface area contributed by atoms with Gasteiger partial charge in [-0.15, -0.1) is 0 Å². The van der Waals surface area contributed by atoms with E-state index in [0.717, 1.165) is 10.6 Å². The van der Waals surface area contributed by atoms with Crippen molar-refractivity contribution in [2.75, 3.05) is 17.8 Å². The fraction of sp³-hybridized carbons (Fsp3) is 0.250. The zero-order valence-corrected chi connectivity index (χ0v) is 8.25. The predicted octanol–water partition coefficient (Wildman–Crippen LogP) is 0.0203. The van der Waals surface area contributed by atoms with Crippen LogP contribution in [-0.4, -0.2) is 17.1 Å². The average molecular weight is 199 g/mol. The molecule has 1 aromatic carbocycles. The summed E-state index contributed by atoms with van der Waals surface area (Å²) in [5, 5.41) is 0. The zero-order chi connectivity index (χ0) is 9.84. The number of hydrogen-bond donors (Lipinski definition) is 2. The first-order chi connectivity index (χ1) is 6.29. The van der Waals surface area contributed by atoms with Crippen molar-refractivity contribution >= 4 is 16.5 Å².